The number of rotatable bonds is 9. The molecule has 4 heterocycles. The number of fused-ring (bicyclic) bond motifs is 1. The van der Waals surface area contributed by atoms with Crippen LogP contribution in [0.4, 0.5) is 5.13 Å². The number of amides is 2. The van der Waals surface area contributed by atoms with Crippen molar-refractivity contribution in [2.45, 2.75) is 37.4 Å². The molecule has 2 unspecified atom stereocenters. The Morgan fingerprint density at radius 3 is 2.70 bits per heavy atom. The number of nitrogen functional groups attached to an aromatic ring is 1. The van der Waals surface area contributed by atoms with Gasteiger partial charge in [-0.25, -0.2) is 14.3 Å². The van der Waals surface area contributed by atoms with Crippen LogP contribution in [-0.4, -0.2) is 67.5 Å². The van der Waals surface area contributed by atoms with Crippen LogP contribution in [0.1, 0.15) is 19.5 Å². The summed E-state index contributed by atoms with van der Waals surface area (Å²) >= 11 is 8.45. The van der Waals surface area contributed by atoms with Gasteiger partial charge < -0.3 is 21.0 Å². The van der Waals surface area contributed by atoms with Gasteiger partial charge in [0.15, 0.2) is 36.1 Å². The van der Waals surface area contributed by atoms with E-state index in [-0.39, 0.29) is 20.9 Å². The third-order valence-corrected chi connectivity index (χ3v) is 7.99. The molecule has 15 heteroatoms. The number of nitrogens with one attached hydrogen (secondary N) is 1. The summed E-state index contributed by atoms with van der Waals surface area (Å²) < 4.78 is 1.93. The van der Waals surface area contributed by atoms with Crippen LogP contribution in [-0.2, 0) is 30.6 Å². The van der Waals surface area contributed by atoms with Crippen LogP contribution in [0.3, 0.4) is 0 Å². The van der Waals surface area contributed by atoms with Gasteiger partial charge in [-0.15, -0.1) is 11.8 Å². The summed E-state index contributed by atoms with van der Waals surface area (Å²) in [5, 5.41) is 15.1. The van der Waals surface area contributed by atoms with E-state index in [1.54, 1.807) is 0 Å². The minimum absolute atomic E-state index is 0.0333. The van der Waals surface area contributed by atoms with Crippen molar-refractivity contribution in [2.24, 2.45) is 5.16 Å². The van der Waals surface area contributed by atoms with Gasteiger partial charge in [0.05, 0.1) is 5.70 Å². The lowest BCUT2D eigenvalue weighted by Gasteiger charge is -2.49. The van der Waals surface area contributed by atoms with Crippen LogP contribution in [0.15, 0.2) is 47.0 Å². The zero-order valence-corrected chi connectivity index (χ0v) is 22.0. The first-order valence-electron chi connectivity index (χ1n) is 10.8. The first-order valence-corrected chi connectivity index (χ1v) is 13.1. The van der Waals surface area contributed by atoms with Crippen molar-refractivity contribution in [3.63, 3.8) is 0 Å². The van der Waals surface area contributed by atoms with E-state index in [1.165, 1.54) is 30.5 Å². The summed E-state index contributed by atoms with van der Waals surface area (Å²) in [6, 6.07) is 4.64. The Balaban J connectivity index is 1.55. The lowest BCUT2D eigenvalue weighted by molar-refractivity contribution is -0.689. The highest BCUT2D eigenvalue weighted by atomic mass is 35.5. The molecule has 37 heavy (non-hydrogen) atoms. The quantitative estimate of drug-likeness (QED) is 0.131. The summed E-state index contributed by atoms with van der Waals surface area (Å²) in [5.74, 6) is -2.18. The van der Waals surface area contributed by atoms with Crippen LogP contribution < -0.4 is 15.6 Å². The predicted octanol–water partition coefficient (Wildman–Crippen LogP) is 0.803. The highest BCUT2D eigenvalue weighted by molar-refractivity contribution is 8.00. The second kappa shape index (κ2) is 10.5. The maximum absolute atomic E-state index is 13.2. The highest BCUT2D eigenvalue weighted by Crippen LogP contribution is 2.39. The Bertz CT molecular complexity index is 1330. The number of aliphatic carboxylic acids is 1. The third-order valence-electron chi connectivity index (χ3n) is 5.56. The molecule has 0 saturated carbocycles. The molecular weight excluding hydrogens is 544 g/mol. The molecule has 1 saturated heterocycles. The van der Waals surface area contributed by atoms with Crippen molar-refractivity contribution < 1.29 is 33.7 Å². The number of aromatic nitrogens is 2. The highest BCUT2D eigenvalue weighted by Gasteiger charge is 2.53. The number of nitrogens with two attached hydrogens (primary N) is 1. The van der Waals surface area contributed by atoms with Gasteiger partial charge in [0.25, 0.3) is 11.8 Å². The summed E-state index contributed by atoms with van der Waals surface area (Å²) in [7, 11) is 0. The summed E-state index contributed by atoms with van der Waals surface area (Å²) in [5.41, 5.74) is 4.43. The molecule has 4 N–H and O–H groups in total. The van der Waals surface area contributed by atoms with Gasteiger partial charge in [-0.05, 0) is 13.8 Å². The number of anilines is 1. The molecule has 0 bridgehead atoms. The number of pyridine rings is 1. The zero-order valence-electron chi connectivity index (χ0n) is 19.6. The van der Waals surface area contributed by atoms with Crippen LogP contribution in [0, 0.1) is 0 Å². The van der Waals surface area contributed by atoms with Crippen LogP contribution >= 0.6 is 34.7 Å². The van der Waals surface area contributed by atoms with E-state index < -0.39 is 40.5 Å². The van der Waals surface area contributed by atoms with Crippen molar-refractivity contribution in [3.05, 3.63) is 51.9 Å². The number of oxime groups is 1. The fourth-order valence-electron chi connectivity index (χ4n) is 3.54. The van der Waals surface area contributed by atoms with Gasteiger partial charge in [-0.2, -0.15) is 0 Å². The van der Waals surface area contributed by atoms with E-state index >= 15 is 0 Å². The van der Waals surface area contributed by atoms with Gasteiger partial charge in [-0.3, -0.25) is 19.3 Å². The van der Waals surface area contributed by atoms with Gasteiger partial charge in [-0.1, -0.05) is 34.2 Å². The van der Waals surface area contributed by atoms with Crippen molar-refractivity contribution in [1.29, 1.82) is 0 Å². The molecular formula is C22H22ClN6O6S2+. The monoisotopic (exact) mass is 565 g/mol. The van der Waals surface area contributed by atoms with Crippen LogP contribution in [0.5, 0.6) is 0 Å². The van der Waals surface area contributed by atoms with Crippen molar-refractivity contribution >= 4 is 69.6 Å². The normalized spacial score (nSPS) is 19.7. The van der Waals surface area contributed by atoms with E-state index in [0.717, 1.165) is 16.9 Å². The molecule has 2 aromatic rings. The fraction of sp³-hybridized carbons (Fsp3) is 0.318. The first-order chi connectivity index (χ1) is 17.5. The van der Waals surface area contributed by atoms with E-state index in [1.807, 2.05) is 35.2 Å². The minimum Gasteiger partial charge on any atom is -0.478 e. The second-order valence-corrected chi connectivity index (χ2v) is 11.3. The van der Waals surface area contributed by atoms with E-state index in [0.29, 0.717) is 18.6 Å². The molecule has 2 aromatic heterocycles. The van der Waals surface area contributed by atoms with Gasteiger partial charge in [0.2, 0.25) is 5.60 Å². The zero-order chi connectivity index (χ0) is 26.9. The Labute approximate surface area is 224 Å². The molecule has 0 aromatic carbocycles. The van der Waals surface area contributed by atoms with E-state index in [2.05, 4.69) is 15.5 Å². The molecule has 1 fully saturated rings. The number of aldehydes is 1. The number of β-lactam (4-membered cyclic amide) rings is 1. The molecule has 0 radical (unpaired) electrons. The maximum Gasteiger partial charge on any atom is 0.350 e. The number of halogens is 1. The summed E-state index contributed by atoms with van der Waals surface area (Å²) in [4.78, 5) is 60.0. The number of thioether (sulfide) groups is 1. The topological polar surface area (TPSA) is 168 Å². The Morgan fingerprint density at radius 1 is 1.41 bits per heavy atom. The number of carbonyl (C=O) groups excluding carboxylic acids is 3. The van der Waals surface area contributed by atoms with E-state index in [4.69, 9.17) is 22.2 Å². The standard InChI is InChI=1S/C22H21ClN6O6S2/c1-22(2,20(33)34)35-27-14(13-16(23)37-21(24)26-13)17(31)25-15-18(32)29-12(9-30)11(10-36-19(15)29)8-28-6-4-3-5-7-28/h3-7,9,15,19H,8,10H2,1-2H3,(H3-,24,25,26,31,33,34)/p+1/b27-14-. The Morgan fingerprint density at radius 2 is 2.11 bits per heavy atom. The SMILES string of the molecule is CC(C)(O/N=C(\C(=O)NC1C(=O)N2C(C=O)=C(C[n+]3ccccc3)CSC12)c1nc(N)sc1Cl)C(=O)O. The molecule has 2 amide bonds. The second-order valence-electron chi connectivity index (χ2n) is 8.54. The van der Waals surface area contributed by atoms with Gasteiger partial charge >= 0.3 is 5.97 Å². The molecule has 2 atom stereocenters. The van der Waals surface area contributed by atoms with E-state index in [9.17, 15) is 24.3 Å². The number of hydrogen-bond donors (Lipinski definition) is 3. The lowest BCUT2D eigenvalue weighted by Crippen LogP contribution is -2.70. The number of carbonyl (C=O) groups is 4. The Kier molecular flexibility index (Phi) is 7.52. The first kappa shape index (κ1) is 26.6. The molecule has 194 valence electrons. The average molecular weight is 566 g/mol. The molecule has 4 rings (SSSR count). The van der Waals surface area contributed by atoms with Gasteiger partial charge in [0.1, 0.15) is 21.4 Å². The molecule has 2 aliphatic heterocycles. The van der Waals surface area contributed by atoms with Crippen molar-refractivity contribution in [2.75, 3.05) is 11.5 Å². The summed E-state index contributed by atoms with van der Waals surface area (Å²) in [6.45, 7) is 2.93. The van der Waals surface area contributed by atoms with Gasteiger partial charge in [0, 0.05) is 23.5 Å². The number of hydrogen-bond acceptors (Lipinski definition) is 10. The molecule has 0 aliphatic carbocycles. The largest absolute Gasteiger partial charge is 0.478 e. The maximum atomic E-state index is 13.2. The fourth-order valence-corrected chi connectivity index (χ4v) is 5.83. The average Bonchev–Trinajstić information content (AvgIpc) is 3.20. The number of carboxylic acid groups (broad SMARTS) is 1. The number of thiazole rings is 1. The summed E-state index contributed by atoms with van der Waals surface area (Å²) in [6.07, 6.45) is 4.37. The number of nitrogens with zero attached hydrogens (tertiary/aromatic N) is 4. The van der Waals surface area contributed by atoms with Crippen molar-refractivity contribution in [1.82, 2.24) is 15.2 Å². The minimum atomic E-state index is -1.77. The molecule has 12 nitrogen and oxygen atoms in total. The number of allylic oxidation sites excluding steroid dienone is 1. The third kappa shape index (κ3) is 5.31. The van der Waals surface area contributed by atoms with Crippen LogP contribution in [0.25, 0.3) is 0 Å². The lowest BCUT2D eigenvalue weighted by atomic mass is 10.0. The smallest absolute Gasteiger partial charge is 0.350 e. The predicted molar refractivity (Wildman–Crippen MR) is 136 cm³/mol. The molecule has 0 spiro atoms. The molecule has 2 aliphatic rings. The van der Waals surface area contributed by atoms with Crippen LogP contribution in [0.2, 0.25) is 4.34 Å². The Hall–Kier alpha value is -3.49. The van der Waals surface area contributed by atoms with Crippen molar-refractivity contribution in [3.8, 4) is 0 Å². The number of carboxylic acids is 1.